The van der Waals surface area contributed by atoms with Crippen LogP contribution in [0.3, 0.4) is 0 Å². The Hall–Kier alpha value is -1.70. The number of anilines is 2. The van der Waals surface area contributed by atoms with Crippen LogP contribution in [0.5, 0.6) is 0 Å². The summed E-state index contributed by atoms with van der Waals surface area (Å²) in [7, 11) is 1.67. The summed E-state index contributed by atoms with van der Waals surface area (Å²) in [5, 5.41) is 6.69. The van der Waals surface area contributed by atoms with Crippen molar-refractivity contribution < 1.29 is 13.2 Å². The first kappa shape index (κ1) is 14.7. The fourth-order valence-electron chi connectivity index (χ4n) is 1.73. The molecule has 0 unspecified atom stereocenters. The van der Waals surface area contributed by atoms with Crippen molar-refractivity contribution in [3.63, 3.8) is 0 Å². The van der Waals surface area contributed by atoms with Crippen LogP contribution in [0.2, 0.25) is 0 Å². The lowest BCUT2D eigenvalue weighted by Gasteiger charge is -2.14. The lowest BCUT2D eigenvalue weighted by atomic mass is 10.1. The van der Waals surface area contributed by atoms with Crippen LogP contribution in [0, 0.1) is 0 Å². The van der Waals surface area contributed by atoms with Gasteiger partial charge in [-0.15, -0.1) is 0 Å². The molecule has 2 rings (SSSR count). The number of nitrogens with zero attached hydrogens (tertiary/aromatic N) is 2. The second kappa shape index (κ2) is 5.35. The second-order valence-electron chi connectivity index (χ2n) is 4.22. The van der Waals surface area contributed by atoms with Crippen molar-refractivity contribution >= 4 is 27.4 Å². The smallest absolute Gasteiger partial charge is 0.384 e. The maximum Gasteiger partial charge on any atom is 0.418 e. The number of nitrogens with two attached hydrogens (primary N) is 1. The van der Waals surface area contributed by atoms with E-state index < -0.39 is 11.7 Å². The highest BCUT2D eigenvalue weighted by atomic mass is 79.9. The largest absolute Gasteiger partial charge is 0.418 e. The van der Waals surface area contributed by atoms with Gasteiger partial charge in [0.2, 0.25) is 0 Å². The average molecular weight is 349 g/mol. The number of nitrogen functional groups attached to an aromatic ring is 1. The quantitative estimate of drug-likeness (QED) is 0.893. The molecule has 0 amide bonds. The Morgan fingerprint density at radius 1 is 1.40 bits per heavy atom. The van der Waals surface area contributed by atoms with Gasteiger partial charge in [-0.1, -0.05) is 15.9 Å². The predicted octanol–water partition coefficient (Wildman–Crippen LogP) is 3.40. The molecule has 1 aromatic heterocycles. The van der Waals surface area contributed by atoms with Crippen molar-refractivity contribution in [1.82, 2.24) is 9.78 Å². The Kier molecular flexibility index (Phi) is 3.94. The van der Waals surface area contributed by atoms with Crippen LogP contribution >= 0.6 is 15.9 Å². The molecule has 0 radical (unpaired) electrons. The van der Waals surface area contributed by atoms with Crippen LogP contribution in [-0.4, -0.2) is 9.78 Å². The van der Waals surface area contributed by atoms with E-state index in [4.69, 9.17) is 5.73 Å². The highest BCUT2D eigenvalue weighted by Crippen LogP contribution is 2.36. The van der Waals surface area contributed by atoms with Crippen molar-refractivity contribution in [2.45, 2.75) is 12.7 Å². The average Bonchev–Trinajstić information content (AvgIpc) is 2.66. The third kappa shape index (κ3) is 3.06. The normalized spacial score (nSPS) is 11.7. The summed E-state index contributed by atoms with van der Waals surface area (Å²) in [4.78, 5) is 0. The molecule has 0 aliphatic heterocycles. The summed E-state index contributed by atoms with van der Waals surface area (Å²) >= 11 is 3.16. The molecule has 0 saturated carbocycles. The van der Waals surface area contributed by atoms with Crippen molar-refractivity contribution in [3.8, 4) is 0 Å². The van der Waals surface area contributed by atoms with Gasteiger partial charge in [0.05, 0.1) is 11.8 Å². The zero-order valence-electron chi connectivity index (χ0n) is 10.5. The molecule has 4 nitrogen and oxygen atoms in total. The summed E-state index contributed by atoms with van der Waals surface area (Å²) in [6, 6.07) is 3.76. The lowest BCUT2D eigenvalue weighted by Crippen LogP contribution is -2.11. The molecule has 0 aliphatic carbocycles. The molecule has 1 heterocycles. The molecular weight excluding hydrogens is 337 g/mol. The van der Waals surface area contributed by atoms with Gasteiger partial charge in [0.1, 0.15) is 5.82 Å². The second-order valence-corrected chi connectivity index (χ2v) is 5.14. The predicted molar refractivity (Wildman–Crippen MR) is 74.1 cm³/mol. The molecule has 0 saturated heterocycles. The maximum absolute atomic E-state index is 12.9. The van der Waals surface area contributed by atoms with Crippen LogP contribution < -0.4 is 11.1 Å². The first-order chi connectivity index (χ1) is 9.29. The molecular formula is C12H12BrF3N4. The molecule has 1 aromatic carbocycles. The van der Waals surface area contributed by atoms with E-state index in [1.807, 2.05) is 0 Å². The molecule has 2 aromatic rings. The molecule has 8 heteroatoms. The number of aryl methyl sites for hydroxylation is 1. The van der Waals surface area contributed by atoms with Gasteiger partial charge in [0, 0.05) is 29.3 Å². The highest BCUT2D eigenvalue weighted by Gasteiger charge is 2.33. The summed E-state index contributed by atoms with van der Waals surface area (Å²) in [5.74, 6) is 0.418. The number of rotatable bonds is 3. The first-order valence-electron chi connectivity index (χ1n) is 5.66. The Labute approximate surface area is 121 Å². The SMILES string of the molecule is Cn1ncc(CNc2cc(Br)ccc2C(F)(F)F)c1N. The van der Waals surface area contributed by atoms with E-state index in [0.29, 0.717) is 15.9 Å². The number of hydrogen-bond acceptors (Lipinski definition) is 3. The standard InChI is InChI=1S/C12H12BrF3N4/c1-20-11(17)7(6-19-20)5-18-10-4-8(13)2-3-9(10)12(14,15)16/h2-4,6,18H,5,17H2,1H3. The summed E-state index contributed by atoms with van der Waals surface area (Å²) in [6.45, 7) is 0.166. The van der Waals surface area contributed by atoms with Gasteiger partial charge in [0.15, 0.2) is 0 Å². The fourth-order valence-corrected chi connectivity index (χ4v) is 2.09. The number of aromatic nitrogens is 2. The van der Waals surface area contributed by atoms with Gasteiger partial charge in [-0.05, 0) is 18.2 Å². The first-order valence-corrected chi connectivity index (χ1v) is 6.45. The molecule has 0 spiro atoms. The number of benzene rings is 1. The van der Waals surface area contributed by atoms with Gasteiger partial charge in [-0.2, -0.15) is 18.3 Å². The van der Waals surface area contributed by atoms with Crippen molar-refractivity contribution in [2.24, 2.45) is 7.05 Å². The molecule has 3 N–H and O–H groups in total. The fraction of sp³-hybridized carbons (Fsp3) is 0.250. The Morgan fingerprint density at radius 2 is 2.10 bits per heavy atom. The third-order valence-corrected chi connectivity index (χ3v) is 3.31. The molecule has 0 atom stereocenters. The third-order valence-electron chi connectivity index (χ3n) is 2.82. The zero-order chi connectivity index (χ0) is 14.9. The molecule has 0 bridgehead atoms. The van der Waals surface area contributed by atoms with Crippen LogP contribution in [0.25, 0.3) is 0 Å². The van der Waals surface area contributed by atoms with Gasteiger partial charge in [-0.25, -0.2) is 0 Å². The number of nitrogens with one attached hydrogen (secondary N) is 1. The van der Waals surface area contributed by atoms with Crippen LogP contribution in [0.4, 0.5) is 24.7 Å². The monoisotopic (exact) mass is 348 g/mol. The Balaban J connectivity index is 2.25. The van der Waals surface area contributed by atoms with Crippen LogP contribution in [0.15, 0.2) is 28.9 Å². The number of halogens is 4. The maximum atomic E-state index is 12.9. The van der Waals surface area contributed by atoms with Crippen molar-refractivity contribution in [3.05, 3.63) is 40.0 Å². The highest BCUT2D eigenvalue weighted by molar-refractivity contribution is 9.10. The van der Waals surface area contributed by atoms with E-state index in [9.17, 15) is 13.2 Å². The van der Waals surface area contributed by atoms with Crippen LogP contribution in [0.1, 0.15) is 11.1 Å². The zero-order valence-corrected chi connectivity index (χ0v) is 12.1. The van der Waals surface area contributed by atoms with Gasteiger partial charge in [0.25, 0.3) is 0 Å². The van der Waals surface area contributed by atoms with Crippen molar-refractivity contribution in [1.29, 1.82) is 0 Å². The molecule has 20 heavy (non-hydrogen) atoms. The lowest BCUT2D eigenvalue weighted by molar-refractivity contribution is -0.137. The van der Waals surface area contributed by atoms with E-state index in [-0.39, 0.29) is 12.2 Å². The Morgan fingerprint density at radius 3 is 2.65 bits per heavy atom. The van der Waals surface area contributed by atoms with E-state index in [0.717, 1.165) is 6.07 Å². The molecule has 0 fully saturated rings. The molecule has 108 valence electrons. The topological polar surface area (TPSA) is 55.9 Å². The van der Waals surface area contributed by atoms with Crippen molar-refractivity contribution in [2.75, 3.05) is 11.1 Å². The number of alkyl halides is 3. The minimum absolute atomic E-state index is 0.00451. The number of hydrogen-bond donors (Lipinski definition) is 2. The van der Waals surface area contributed by atoms with E-state index in [2.05, 4.69) is 26.3 Å². The summed E-state index contributed by atoms with van der Waals surface area (Å²) in [6.07, 6.45) is -2.89. The van der Waals surface area contributed by atoms with E-state index in [1.165, 1.54) is 23.0 Å². The van der Waals surface area contributed by atoms with Crippen LogP contribution in [-0.2, 0) is 19.8 Å². The van der Waals surface area contributed by atoms with Gasteiger partial charge >= 0.3 is 6.18 Å². The molecule has 0 aliphatic rings. The van der Waals surface area contributed by atoms with E-state index >= 15 is 0 Å². The van der Waals surface area contributed by atoms with Gasteiger partial charge in [-0.3, -0.25) is 4.68 Å². The minimum Gasteiger partial charge on any atom is -0.384 e. The van der Waals surface area contributed by atoms with Gasteiger partial charge < -0.3 is 11.1 Å². The minimum atomic E-state index is -4.41. The summed E-state index contributed by atoms with van der Waals surface area (Å²) < 4.78 is 40.7. The Bertz CT molecular complexity index is 622. The summed E-state index contributed by atoms with van der Waals surface area (Å²) in [5.41, 5.74) is 5.67. The van der Waals surface area contributed by atoms with E-state index in [1.54, 1.807) is 7.05 Å².